The van der Waals surface area contributed by atoms with Gasteiger partial charge in [-0.3, -0.25) is 0 Å². The van der Waals surface area contributed by atoms with Gasteiger partial charge < -0.3 is 21.3 Å². The van der Waals surface area contributed by atoms with E-state index >= 15 is 0 Å². The van der Waals surface area contributed by atoms with Gasteiger partial charge in [-0.2, -0.15) is 0 Å². The first-order chi connectivity index (χ1) is 8.63. The van der Waals surface area contributed by atoms with E-state index in [1.165, 1.54) is 11.3 Å². The van der Waals surface area contributed by atoms with Crippen molar-refractivity contribution < 1.29 is 4.79 Å². The number of rotatable bonds is 6. The summed E-state index contributed by atoms with van der Waals surface area (Å²) in [6, 6.07) is 8.14. The van der Waals surface area contributed by atoms with E-state index in [2.05, 4.69) is 39.8 Å². The van der Waals surface area contributed by atoms with E-state index in [1.807, 2.05) is 14.1 Å². The highest BCUT2D eigenvalue weighted by atomic mass is 16.2. The fourth-order valence-corrected chi connectivity index (χ4v) is 1.53. The van der Waals surface area contributed by atoms with Crippen molar-refractivity contribution in [2.75, 3.05) is 38.6 Å². The van der Waals surface area contributed by atoms with Crippen molar-refractivity contribution in [3.8, 4) is 0 Å². The molecule has 0 radical (unpaired) electrons. The first-order valence-electron chi connectivity index (χ1n) is 6.11. The van der Waals surface area contributed by atoms with Crippen LogP contribution in [0.5, 0.6) is 0 Å². The zero-order chi connectivity index (χ0) is 13.4. The lowest BCUT2D eigenvalue weighted by atomic mass is 10.1. The van der Waals surface area contributed by atoms with Crippen molar-refractivity contribution in [1.82, 2.24) is 10.6 Å². The smallest absolute Gasteiger partial charge is 0.314 e. The zero-order valence-electron chi connectivity index (χ0n) is 11.1. The Balaban J connectivity index is 2.29. The summed E-state index contributed by atoms with van der Waals surface area (Å²) in [4.78, 5) is 13.3. The van der Waals surface area contributed by atoms with E-state index in [-0.39, 0.29) is 6.03 Å². The second-order valence-corrected chi connectivity index (χ2v) is 4.28. The van der Waals surface area contributed by atoms with Crippen molar-refractivity contribution in [3.63, 3.8) is 0 Å². The molecule has 0 bridgehead atoms. The summed E-state index contributed by atoms with van der Waals surface area (Å²) in [5, 5.41) is 5.45. The SMILES string of the molecule is CN(C)c1ccc(CCNC(=O)NCCN)cc1. The third-order valence-electron chi connectivity index (χ3n) is 2.58. The summed E-state index contributed by atoms with van der Waals surface area (Å²) in [5.41, 5.74) is 7.67. The van der Waals surface area contributed by atoms with Gasteiger partial charge in [-0.25, -0.2) is 4.79 Å². The Kier molecular flexibility index (Phi) is 6.00. The Morgan fingerprint density at radius 3 is 2.33 bits per heavy atom. The Bertz CT molecular complexity index is 362. The van der Waals surface area contributed by atoms with Gasteiger partial charge in [0.05, 0.1) is 0 Å². The van der Waals surface area contributed by atoms with Gasteiger partial charge in [0.15, 0.2) is 0 Å². The van der Waals surface area contributed by atoms with Crippen LogP contribution in [-0.4, -0.2) is 39.8 Å². The maximum absolute atomic E-state index is 11.3. The molecule has 4 N–H and O–H groups in total. The molecule has 5 heteroatoms. The van der Waals surface area contributed by atoms with Crippen molar-refractivity contribution >= 4 is 11.7 Å². The minimum absolute atomic E-state index is 0.162. The standard InChI is InChI=1S/C13H22N4O/c1-17(2)12-5-3-11(4-6-12)7-9-15-13(18)16-10-8-14/h3-6H,7-10,14H2,1-2H3,(H2,15,16,18). The lowest BCUT2D eigenvalue weighted by molar-refractivity contribution is 0.241. The molecule has 1 aromatic rings. The van der Waals surface area contributed by atoms with E-state index < -0.39 is 0 Å². The van der Waals surface area contributed by atoms with E-state index in [1.54, 1.807) is 0 Å². The molecule has 0 aliphatic rings. The number of anilines is 1. The summed E-state index contributed by atoms with van der Waals surface area (Å²) in [6.45, 7) is 1.58. The predicted molar refractivity (Wildman–Crippen MR) is 74.9 cm³/mol. The molecular weight excluding hydrogens is 228 g/mol. The fraction of sp³-hybridized carbons (Fsp3) is 0.462. The van der Waals surface area contributed by atoms with Crippen molar-refractivity contribution in [2.45, 2.75) is 6.42 Å². The summed E-state index contributed by atoms with van der Waals surface area (Å²) in [7, 11) is 4.02. The Labute approximate surface area is 108 Å². The molecule has 0 aliphatic carbocycles. The molecule has 0 aromatic heterocycles. The fourth-order valence-electron chi connectivity index (χ4n) is 1.53. The molecule has 2 amide bonds. The number of hydrogen-bond acceptors (Lipinski definition) is 3. The highest BCUT2D eigenvalue weighted by molar-refractivity contribution is 5.73. The van der Waals surface area contributed by atoms with E-state index in [0.29, 0.717) is 19.6 Å². The molecule has 5 nitrogen and oxygen atoms in total. The zero-order valence-corrected chi connectivity index (χ0v) is 11.1. The van der Waals surface area contributed by atoms with Gasteiger partial charge in [-0.05, 0) is 24.1 Å². The average molecular weight is 250 g/mol. The third-order valence-corrected chi connectivity index (χ3v) is 2.58. The topological polar surface area (TPSA) is 70.4 Å². The molecular formula is C13H22N4O. The molecule has 0 atom stereocenters. The number of carbonyl (C=O) groups excluding carboxylic acids is 1. The Morgan fingerprint density at radius 2 is 1.78 bits per heavy atom. The molecule has 18 heavy (non-hydrogen) atoms. The van der Waals surface area contributed by atoms with Crippen LogP contribution in [0.4, 0.5) is 10.5 Å². The van der Waals surface area contributed by atoms with Gasteiger partial charge in [-0.1, -0.05) is 12.1 Å². The first kappa shape index (κ1) is 14.3. The number of hydrogen-bond donors (Lipinski definition) is 3. The average Bonchev–Trinajstić information content (AvgIpc) is 2.37. The molecule has 0 saturated carbocycles. The monoisotopic (exact) mass is 250 g/mol. The molecule has 0 fully saturated rings. The first-order valence-corrected chi connectivity index (χ1v) is 6.11. The largest absolute Gasteiger partial charge is 0.378 e. The quantitative estimate of drug-likeness (QED) is 0.690. The van der Waals surface area contributed by atoms with Crippen LogP contribution in [0.1, 0.15) is 5.56 Å². The van der Waals surface area contributed by atoms with E-state index in [9.17, 15) is 4.79 Å². The van der Waals surface area contributed by atoms with Crippen molar-refractivity contribution in [3.05, 3.63) is 29.8 Å². The highest BCUT2D eigenvalue weighted by Gasteiger charge is 1.99. The van der Waals surface area contributed by atoms with Crippen LogP contribution in [0.25, 0.3) is 0 Å². The number of carbonyl (C=O) groups is 1. The molecule has 0 spiro atoms. The van der Waals surface area contributed by atoms with Crippen LogP contribution in [0.3, 0.4) is 0 Å². The molecule has 0 saturated heterocycles. The van der Waals surface area contributed by atoms with Gasteiger partial charge in [0, 0.05) is 39.4 Å². The van der Waals surface area contributed by atoms with E-state index in [0.717, 1.165) is 6.42 Å². The Morgan fingerprint density at radius 1 is 1.17 bits per heavy atom. The van der Waals surface area contributed by atoms with Gasteiger partial charge >= 0.3 is 6.03 Å². The molecule has 1 rings (SSSR count). The minimum Gasteiger partial charge on any atom is -0.378 e. The Hall–Kier alpha value is -1.75. The molecule has 0 heterocycles. The van der Waals surface area contributed by atoms with Crippen LogP contribution in [-0.2, 0) is 6.42 Å². The number of nitrogens with one attached hydrogen (secondary N) is 2. The van der Waals surface area contributed by atoms with Crippen molar-refractivity contribution in [2.24, 2.45) is 5.73 Å². The van der Waals surface area contributed by atoms with Crippen LogP contribution < -0.4 is 21.3 Å². The van der Waals surface area contributed by atoms with Crippen LogP contribution in [0, 0.1) is 0 Å². The number of benzene rings is 1. The molecule has 0 unspecified atom stereocenters. The summed E-state index contributed by atoms with van der Waals surface area (Å²) < 4.78 is 0. The lowest BCUT2D eigenvalue weighted by Gasteiger charge is -2.12. The number of nitrogens with zero attached hydrogens (tertiary/aromatic N) is 1. The van der Waals surface area contributed by atoms with E-state index in [4.69, 9.17) is 5.73 Å². The van der Waals surface area contributed by atoms with Gasteiger partial charge in [0.25, 0.3) is 0 Å². The second-order valence-electron chi connectivity index (χ2n) is 4.28. The summed E-state index contributed by atoms with van der Waals surface area (Å²) in [5.74, 6) is 0. The van der Waals surface area contributed by atoms with Crippen LogP contribution in [0.15, 0.2) is 24.3 Å². The highest BCUT2D eigenvalue weighted by Crippen LogP contribution is 2.12. The third kappa shape index (κ3) is 5.05. The lowest BCUT2D eigenvalue weighted by Crippen LogP contribution is -2.39. The summed E-state index contributed by atoms with van der Waals surface area (Å²) in [6.07, 6.45) is 0.823. The predicted octanol–water partition coefficient (Wildman–Crippen LogP) is 0.553. The number of amides is 2. The normalized spacial score (nSPS) is 9.94. The van der Waals surface area contributed by atoms with Gasteiger partial charge in [-0.15, -0.1) is 0 Å². The molecule has 1 aromatic carbocycles. The maximum Gasteiger partial charge on any atom is 0.314 e. The number of nitrogens with two attached hydrogens (primary N) is 1. The van der Waals surface area contributed by atoms with Gasteiger partial charge in [0.2, 0.25) is 0 Å². The van der Waals surface area contributed by atoms with Crippen LogP contribution >= 0.6 is 0 Å². The number of urea groups is 1. The van der Waals surface area contributed by atoms with Crippen molar-refractivity contribution in [1.29, 1.82) is 0 Å². The van der Waals surface area contributed by atoms with Crippen LogP contribution in [0.2, 0.25) is 0 Å². The maximum atomic E-state index is 11.3. The molecule has 100 valence electrons. The second kappa shape index (κ2) is 7.55. The minimum atomic E-state index is -0.162. The van der Waals surface area contributed by atoms with Gasteiger partial charge in [0.1, 0.15) is 0 Å². The summed E-state index contributed by atoms with van der Waals surface area (Å²) >= 11 is 0. The molecule has 0 aliphatic heterocycles.